The number of carbonyl (C=O) groups is 1. The highest BCUT2D eigenvalue weighted by atomic mass is 16.4. The van der Waals surface area contributed by atoms with E-state index in [1.165, 1.54) is 6.07 Å². The van der Waals surface area contributed by atoms with Crippen LogP contribution < -0.4 is 4.90 Å². The van der Waals surface area contributed by atoms with Gasteiger partial charge in [0.2, 0.25) is 0 Å². The SMILES string of the molecule is Cc1ccccc1N(C)c1cccc(C(=O)O)n1. The molecule has 0 saturated heterocycles. The van der Waals surface area contributed by atoms with Crippen LogP contribution >= 0.6 is 0 Å². The van der Waals surface area contributed by atoms with Gasteiger partial charge in [0.15, 0.2) is 5.69 Å². The Kier molecular flexibility index (Phi) is 3.28. The summed E-state index contributed by atoms with van der Waals surface area (Å²) in [4.78, 5) is 16.9. The van der Waals surface area contributed by atoms with Crippen molar-refractivity contribution in [2.45, 2.75) is 6.92 Å². The third kappa shape index (κ3) is 2.32. The van der Waals surface area contributed by atoms with Gasteiger partial charge in [-0.15, -0.1) is 0 Å². The molecule has 1 N–H and O–H groups in total. The lowest BCUT2D eigenvalue weighted by molar-refractivity contribution is 0.0690. The molecule has 1 heterocycles. The molecular formula is C14H14N2O2. The number of carboxylic acids is 1. The zero-order valence-corrected chi connectivity index (χ0v) is 10.3. The molecule has 0 unspecified atom stereocenters. The minimum Gasteiger partial charge on any atom is -0.477 e. The molecule has 0 aliphatic heterocycles. The molecule has 0 saturated carbocycles. The molecule has 92 valence electrons. The Labute approximate surface area is 106 Å². The van der Waals surface area contributed by atoms with Crippen LogP contribution in [0.25, 0.3) is 0 Å². The van der Waals surface area contributed by atoms with Crippen LogP contribution in [0.3, 0.4) is 0 Å². The largest absolute Gasteiger partial charge is 0.477 e. The van der Waals surface area contributed by atoms with Crippen LogP contribution in [0.4, 0.5) is 11.5 Å². The number of carboxylic acid groups (broad SMARTS) is 1. The monoisotopic (exact) mass is 242 g/mol. The summed E-state index contributed by atoms with van der Waals surface area (Å²) in [5.41, 5.74) is 2.17. The van der Waals surface area contributed by atoms with Crippen molar-refractivity contribution in [3.8, 4) is 0 Å². The number of hydrogen-bond acceptors (Lipinski definition) is 3. The molecule has 0 amide bonds. The van der Waals surface area contributed by atoms with E-state index in [9.17, 15) is 4.79 Å². The van der Waals surface area contributed by atoms with E-state index in [2.05, 4.69) is 4.98 Å². The van der Waals surface area contributed by atoms with E-state index in [0.29, 0.717) is 5.82 Å². The lowest BCUT2D eigenvalue weighted by Crippen LogP contribution is -2.14. The van der Waals surface area contributed by atoms with Gasteiger partial charge < -0.3 is 10.0 Å². The highest BCUT2D eigenvalue weighted by Gasteiger charge is 2.10. The van der Waals surface area contributed by atoms with Gasteiger partial charge in [-0.25, -0.2) is 9.78 Å². The van der Waals surface area contributed by atoms with E-state index in [4.69, 9.17) is 5.11 Å². The van der Waals surface area contributed by atoms with E-state index in [1.807, 2.05) is 43.1 Å². The van der Waals surface area contributed by atoms with Crippen LogP contribution in [0.5, 0.6) is 0 Å². The fourth-order valence-corrected chi connectivity index (χ4v) is 1.79. The lowest BCUT2D eigenvalue weighted by atomic mass is 10.2. The Morgan fingerprint density at radius 1 is 1.17 bits per heavy atom. The summed E-state index contributed by atoms with van der Waals surface area (Å²) in [7, 11) is 1.87. The standard InChI is InChI=1S/C14H14N2O2/c1-10-6-3-4-8-12(10)16(2)13-9-5-7-11(15-13)14(17)18/h3-9H,1-2H3,(H,17,18). The summed E-state index contributed by atoms with van der Waals surface area (Å²) in [6.45, 7) is 2.01. The third-order valence-corrected chi connectivity index (χ3v) is 2.77. The molecule has 0 bridgehead atoms. The Morgan fingerprint density at radius 2 is 1.89 bits per heavy atom. The summed E-state index contributed by atoms with van der Waals surface area (Å²) < 4.78 is 0. The van der Waals surface area contributed by atoms with Crippen LogP contribution in [0.1, 0.15) is 16.1 Å². The maximum atomic E-state index is 10.9. The van der Waals surface area contributed by atoms with Gasteiger partial charge in [0.1, 0.15) is 5.82 Å². The second-order valence-electron chi connectivity index (χ2n) is 4.03. The van der Waals surface area contributed by atoms with Crippen LogP contribution in [-0.4, -0.2) is 23.1 Å². The van der Waals surface area contributed by atoms with Gasteiger partial charge in [0, 0.05) is 12.7 Å². The zero-order chi connectivity index (χ0) is 13.1. The maximum absolute atomic E-state index is 10.9. The van der Waals surface area contributed by atoms with E-state index in [-0.39, 0.29) is 5.69 Å². The van der Waals surface area contributed by atoms with Crippen LogP contribution in [0.2, 0.25) is 0 Å². The smallest absolute Gasteiger partial charge is 0.354 e. The van der Waals surface area contributed by atoms with E-state index >= 15 is 0 Å². The molecule has 0 fully saturated rings. The third-order valence-electron chi connectivity index (χ3n) is 2.77. The van der Waals surface area contributed by atoms with Crippen molar-refractivity contribution >= 4 is 17.5 Å². The van der Waals surface area contributed by atoms with Gasteiger partial charge in [0.05, 0.1) is 0 Å². The fraction of sp³-hybridized carbons (Fsp3) is 0.143. The van der Waals surface area contributed by atoms with Gasteiger partial charge in [-0.05, 0) is 30.7 Å². The Morgan fingerprint density at radius 3 is 2.56 bits per heavy atom. The fourth-order valence-electron chi connectivity index (χ4n) is 1.79. The molecule has 0 aliphatic carbocycles. The first-order valence-electron chi connectivity index (χ1n) is 5.59. The number of aryl methyl sites for hydroxylation is 1. The molecule has 4 nitrogen and oxygen atoms in total. The van der Waals surface area contributed by atoms with Gasteiger partial charge >= 0.3 is 5.97 Å². The minimum absolute atomic E-state index is 0.0490. The van der Waals surface area contributed by atoms with Crippen molar-refractivity contribution in [1.29, 1.82) is 0 Å². The summed E-state index contributed by atoms with van der Waals surface area (Å²) in [6.07, 6.45) is 0. The number of para-hydroxylation sites is 1. The van der Waals surface area contributed by atoms with Gasteiger partial charge in [0.25, 0.3) is 0 Å². The molecule has 0 atom stereocenters. The lowest BCUT2D eigenvalue weighted by Gasteiger charge is -2.20. The summed E-state index contributed by atoms with van der Waals surface area (Å²) in [5.74, 6) is -0.403. The predicted octanol–water partition coefficient (Wildman–Crippen LogP) is 2.86. The van der Waals surface area contributed by atoms with E-state index in [1.54, 1.807) is 12.1 Å². The van der Waals surface area contributed by atoms with Crippen LogP contribution in [0, 0.1) is 6.92 Å². The number of aromatic carboxylic acids is 1. The van der Waals surface area contributed by atoms with Gasteiger partial charge in [-0.2, -0.15) is 0 Å². The molecule has 2 rings (SSSR count). The van der Waals surface area contributed by atoms with Crippen molar-refractivity contribution in [1.82, 2.24) is 4.98 Å². The molecule has 18 heavy (non-hydrogen) atoms. The van der Waals surface area contributed by atoms with E-state index < -0.39 is 5.97 Å². The summed E-state index contributed by atoms with van der Waals surface area (Å²) in [5, 5.41) is 8.94. The summed E-state index contributed by atoms with van der Waals surface area (Å²) >= 11 is 0. The van der Waals surface area contributed by atoms with E-state index in [0.717, 1.165) is 11.3 Å². The highest BCUT2D eigenvalue weighted by Crippen LogP contribution is 2.24. The second-order valence-corrected chi connectivity index (χ2v) is 4.03. The first-order chi connectivity index (χ1) is 8.59. The topological polar surface area (TPSA) is 53.4 Å². The van der Waals surface area contributed by atoms with Crippen molar-refractivity contribution in [2.24, 2.45) is 0 Å². The Balaban J connectivity index is 2.40. The Bertz CT molecular complexity index is 582. The number of anilines is 2. The predicted molar refractivity (Wildman–Crippen MR) is 70.4 cm³/mol. The molecule has 1 aromatic heterocycles. The first-order valence-corrected chi connectivity index (χ1v) is 5.59. The molecule has 0 radical (unpaired) electrons. The average molecular weight is 242 g/mol. The molecule has 4 heteroatoms. The average Bonchev–Trinajstić information content (AvgIpc) is 2.38. The van der Waals surface area contributed by atoms with Crippen molar-refractivity contribution in [3.05, 3.63) is 53.7 Å². The molecule has 2 aromatic rings. The number of benzene rings is 1. The van der Waals surface area contributed by atoms with Crippen molar-refractivity contribution < 1.29 is 9.90 Å². The number of hydrogen-bond donors (Lipinski definition) is 1. The Hall–Kier alpha value is -2.36. The molecular weight excluding hydrogens is 228 g/mol. The summed E-state index contributed by atoms with van der Waals surface area (Å²) in [6, 6.07) is 12.9. The van der Waals surface area contributed by atoms with Crippen molar-refractivity contribution in [2.75, 3.05) is 11.9 Å². The number of rotatable bonds is 3. The van der Waals surface area contributed by atoms with Gasteiger partial charge in [-0.1, -0.05) is 24.3 Å². The van der Waals surface area contributed by atoms with Crippen LogP contribution in [0.15, 0.2) is 42.5 Å². The van der Waals surface area contributed by atoms with Crippen molar-refractivity contribution in [3.63, 3.8) is 0 Å². The zero-order valence-electron chi connectivity index (χ0n) is 10.3. The number of aromatic nitrogens is 1. The van der Waals surface area contributed by atoms with Gasteiger partial charge in [-0.3, -0.25) is 0 Å². The minimum atomic E-state index is -1.02. The number of pyridine rings is 1. The number of nitrogens with zero attached hydrogens (tertiary/aromatic N) is 2. The van der Waals surface area contributed by atoms with Crippen LogP contribution in [-0.2, 0) is 0 Å². The quantitative estimate of drug-likeness (QED) is 0.899. The second kappa shape index (κ2) is 4.87. The normalized spacial score (nSPS) is 10.1. The molecule has 0 aliphatic rings. The molecule has 0 spiro atoms. The highest BCUT2D eigenvalue weighted by molar-refractivity contribution is 5.86. The maximum Gasteiger partial charge on any atom is 0.354 e. The first kappa shape index (κ1) is 12.1. The molecule has 1 aromatic carbocycles.